The van der Waals surface area contributed by atoms with Crippen LogP contribution in [0, 0.1) is 5.41 Å². The van der Waals surface area contributed by atoms with E-state index in [1.54, 1.807) is 0 Å². The number of phenols is 1. The summed E-state index contributed by atoms with van der Waals surface area (Å²) in [5.74, 6) is 0.0626. The summed E-state index contributed by atoms with van der Waals surface area (Å²) < 4.78 is 4.67. The van der Waals surface area contributed by atoms with E-state index in [0.717, 1.165) is 0 Å². The molecule has 12 heavy (non-hydrogen) atoms. The highest BCUT2D eigenvalue weighted by atomic mass is 35.5. The first-order chi connectivity index (χ1) is 5.65. The Morgan fingerprint density at radius 2 is 2.25 bits per heavy atom. The van der Waals surface area contributed by atoms with Gasteiger partial charge >= 0.3 is 0 Å². The SMILES string of the molecule is COC(=N)c1ccc(O)cc1Cl. The number of halogens is 1. The van der Waals surface area contributed by atoms with E-state index in [0.29, 0.717) is 10.6 Å². The zero-order valence-corrected chi connectivity index (χ0v) is 7.22. The summed E-state index contributed by atoms with van der Waals surface area (Å²) in [6, 6.07) is 4.35. The van der Waals surface area contributed by atoms with E-state index >= 15 is 0 Å². The fraction of sp³-hybridized carbons (Fsp3) is 0.125. The molecule has 0 aromatic heterocycles. The number of ether oxygens (including phenoxy) is 1. The average Bonchev–Trinajstić information content (AvgIpc) is 2.03. The van der Waals surface area contributed by atoms with E-state index in [-0.39, 0.29) is 11.6 Å². The number of methoxy groups -OCH3 is 1. The first-order valence-corrected chi connectivity index (χ1v) is 3.64. The molecule has 1 rings (SSSR count). The van der Waals surface area contributed by atoms with Crippen molar-refractivity contribution in [2.75, 3.05) is 7.11 Å². The molecule has 4 heteroatoms. The fourth-order valence-electron chi connectivity index (χ4n) is 0.798. The maximum atomic E-state index is 9.00. The smallest absolute Gasteiger partial charge is 0.214 e. The van der Waals surface area contributed by atoms with Gasteiger partial charge in [-0.05, 0) is 18.2 Å². The normalized spacial score (nSPS) is 9.50. The molecule has 0 heterocycles. The number of phenolic OH excluding ortho intramolecular Hbond substituents is 1. The molecule has 0 spiro atoms. The maximum absolute atomic E-state index is 9.00. The fourth-order valence-corrected chi connectivity index (χ4v) is 1.06. The molecular weight excluding hydrogens is 178 g/mol. The van der Waals surface area contributed by atoms with Crippen LogP contribution in [-0.2, 0) is 4.74 Å². The molecule has 2 N–H and O–H groups in total. The number of nitrogens with one attached hydrogen (secondary N) is 1. The number of rotatable bonds is 1. The molecule has 0 bridgehead atoms. The second-order valence-electron chi connectivity index (χ2n) is 2.20. The first kappa shape index (κ1) is 8.87. The third-order valence-electron chi connectivity index (χ3n) is 1.40. The number of hydrogen-bond donors (Lipinski definition) is 2. The van der Waals surface area contributed by atoms with Crippen LogP contribution in [0.1, 0.15) is 5.56 Å². The van der Waals surface area contributed by atoms with E-state index in [2.05, 4.69) is 4.74 Å². The van der Waals surface area contributed by atoms with Crippen LogP contribution in [0.4, 0.5) is 0 Å². The van der Waals surface area contributed by atoms with Crippen LogP contribution in [-0.4, -0.2) is 18.1 Å². The van der Waals surface area contributed by atoms with Crippen LogP contribution < -0.4 is 0 Å². The Bertz CT molecular complexity index is 312. The molecular formula is C8H8ClNO2. The Hall–Kier alpha value is -1.22. The van der Waals surface area contributed by atoms with Crippen molar-refractivity contribution < 1.29 is 9.84 Å². The van der Waals surface area contributed by atoms with Gasteiger partial charge in [-0.15, -0.1) is 0 Å². The van der Waals surface area contributed by atoms with E-state index in [1.807, 2.05) is 0 Å². The van der Waals surface area contributed by atoms with Crippen molar-refractivity contribution in [1.82, 2.24) is 0 Å². The predicted molar refractivity (Wildman–Crippen MR) is 47.0 cm³/mol. The van der Waals surface area contributed by atoms with Crippen molar-refractivity contribution in [2.45, 2.75) is 0 Å². The molecule has 0 amide bonds. The van der Waals surface area contributed by atoms with Crippen LogP contribution in [0.25, 0.3) is 0 Å². The standard InChI is InChI=1S/C8H8ClNO2/c1-12-8(10)6-3-2-5(11)4-7(6)9/h2-4,10-11H,1H3. The minimum Gasteiger partial charge on any atom is -0.508 e. The van der Waals surface area contributed by atoms with E-state index in [4.69, 9.17) is 22.1 Å². The molecule has 0 aliphatic heterocycles. The lowest BCUT2D eigenvalue weighted by atomic mass is 10.2. The summed E-state index contributed by atoms with van der Waals surface area (Å²) in [6.45, 7) is 0. The van der Waals surface area contributed by atoms with Crippen LogP contribution in [0.5, 0.6) is 5.75 Å². The maximum Gasteiger partial charge on any atom is 0.214 e. The van der Waals surface area contributed by atoms with Gasteiger partial charge in [-0.25, -0.2) is 0 Å². The average molecular weight is 186 g/mol. The Kier molecular flexibility index (Phi) is 2.55. The minimum absolute atomic E-state index is 0.0139. The van der Waals surface area contributed by atoms with Crippen molar-refractivity contribution in [3.63, 3.8) is 0 Å². The van der Waals surface area contributed by atoms with Gasteiger partial charge in [0.15, 0.2) is 0 Å². The number of hydrogen-bond acceptors (Lipinski definition) is 3. The highest BCUT2D eigenvalue weighted by Crippen LogP contribution is 2.21. The van der Waals surface area contributed by atoms with Crippen LogP contribution in [0.15, 0.2) is 18.2 Å². The van der Waals surface area contributed by atoms with E-state index < -0.39 is 0 Å². The third-order valence-corrected chi connectivity index (χ3v) is 1.71. The summed E-state index contributed by atoms with van der Waals surface area (Å²) in [5.41, 5.74) is 0.469. The number of benzene rings is 1. The molecule has 0 saturated heterocycles. The van der Waals surface area contributed by atoms with Crippen LogP contribution in [0.3, 0.4) is 0 Å². The topological polar surface area (TPSA) is 53.3 Å². The molecule has 0 aliphatic carbocycles. The molecule has 1 aromatic rings. The minimum atomic E-state index is -0.0139. The summed E-state index contributed by atoms with van der Waals surface area (Å²) in [7, 11) is 1.39. The molecule has 0 radical (unpaired) electrons. The Morgan fingerprint density at radius 1 is 1.58 bits per heavy atom. The Morgan fingerprint density at radius 3 is 2.75 bits per heavy atom. The van der Waals surface area contributed by atoms with Gasteiger partial charge in [0.25, 0.3) is 0 Å². The summed E-state index contributed by atoms with van der Waals surface area (Å²) in [6.07, 6.45) is 0. The quantitative estimate of drug-likeness (QED) is 0.520. The van der Waals surface area contributed by atoms with Gasteiger partial charge in [-0.1, -0.05) is 11.6 Å². The lowest BCUT2D eigenvalue weighted by molar-refractivity contribution is 0.401. The van der Waals surface area contributed by atoms with Crippen molar-refractivity contribution in [3.8, 4) is 5.75 Å². The molecule has 0 saturated carbocycles. The molecule has 64 valence electrons. The first-order valence-electron chi connectivity index (χ1n) is 3.26. The highest BCUT2D eigenvalue weighted by molar-refractivity contribution is 6.33. The van der Waals surface area contributed by atoms with E-state index in [1.165, 1.54) is 25.3 Å². The Labute approximate surface area is 75.1 Å². The summed E-state index contributed by atoms with van der Waals surface area (Å²) >= 11 is 5.72. The van der Waals surface area contributed by atoms with Gasteiger partial charge in [0.05, 0.1) is 17.7 Å². The van der Waals surface area contributed by atoms with Crippen molar-refractivity contribution >= 4 is 17.5 Å². The van der Waals surface area contributed by atoms with Crippen molar-refractivity contribution in [2.24, 2.45) is 0 Å². The van der Waals surface area contributed by atoms with Gasteiger partial charge in [0, 0.05) is 0 Å². The van der Waals surface area contributed by atoms with Gasteiger partial charge in [0.1, 0.15) is 5.75 Å². The second kappa shape index (κ2) is 3.45. The lowest BCUT2D eigenvalue weighted by Gasteiger charge is -2.04. The van der Waals surface area contributed by atoms with Crippen molar-refractivity contribution in [3.05, 3.63) is 28.8 Å². The lowest BCUT2D eigenvalue weighted by Crippen LogP contribution is -2.01. The van der Waals surface area contributed by atoms with E-state index in [9.17, 15) is 0 Å². The molecule has 0 unspecified atom stereocenters. The van der Waals surface area contributed by atoms with Gasteiger partial charge in [0.2, 0.25) is 5.90 Å². The highest BCUT2D eigenvalue weighted by Gasteiger charge is 2.06. The summed E-state index contributed by atoms with van der Waals surface area (Å²) in [5, 5.41) is 16.6. The molecule has 0 atom stereocenters. The third kappa shape index (κ3) is 1.68. The van der Waals surface area contributed by atoms with Gasteiger partial charge in [-0.3, -0.25) is 5.41 Å². The molecule has 0 aliphatic rings. The molecule has 3 nitrogen and oxygen atoms in total. The largest absolute Gasteiger partial charge is 0.508 e. The molecule has 0 fully saturated rings. The van der Waals surface area contributed by atoms with Crippen LogP contribution >= 0.6 is 11.6 Å². The van der Waals surface area contributed by atoms with Crippen molar-refractivity contribution in [1.29, 1.82) is 5.41 Å². The molecule has 1 aromatic carbocycles. The zero-order valence-electron chi connectivity index (χ0n) is 6.47. The Balaban J connectivity index is 3.09. The van der Waals surface area contributed by atoms with Gasteiger partial charge in [-0.2, -0.15) is 0 Å². The zero-order chi connectivity index (χ0) is 9.14. The number of aromatic hydroxyl groups is 1. The second-order valence-corrected chi connectivity index (χ2v) is 2.60. The van der Waals surface area contributed by atoms with Gasteiger partial charge < -0.3 is 9.84 Å². The summed E-state index contributed by atoms with van der Waals surface area (Å²) in [4.78, 5) is 0. The van der Waals surface area contributed by atoms with Crippen LogP contribution in [0.2, 0.25) is 5.02 Å². The monoisotopic (exact) mass is 185 g/mol. The predicted octanol–water partition coefficient (Wildman–Crippen LogP) is 2.02.